The molecule has 0 unspecified atom stereocenters. The Morgan fingerprint density at radius 3 is 2.67 bits per heavy atom. The van der Waals surface area contributed by atoms with Gasteiger partial charge in [0.2, 0.25) is 0 Å². The molecule has 1 aliphatic rings. The Kier molecular flexibility index (Phi) is 4.30. The van der Waals surface area contributed by atoms with E-state index in [1.807, 2.05) is 11.6 Å². The number of carbonyl (C=O) groups is 1. The van der Waals surface area contributed by atoms with E-state index >= 15 is 0 Å². The van der Waals surface area contributed by atoms with Crippen molar-refractivity contribution < 1.29 is 9.53 Å². The van der Waals surface area contributed by atoms with E-state index in [0.29, 0.717) is 5.69 Å². The second kappa shape index (κ2) is 5.95. The number of esters is 1. The third kappa shape index (κ3) is 2.69. The molecule has 0 aromatic carbocycles. The van der Waals surface area contributed by atoms with Gasteiger partial charge in [0.15, 0.2) is 5.69 Å². The Labute approximate surface area is 107 Å². The van der Waals surface area contributed by atoms with Gasteiger partial charge in [-0.1, -0.05) is 12.1 Å². The molecule has 0 saturated carbocycles. The molecule has 1 aromatic heterocycles. The molecule has 0 aliphatic carbocycles. The summed E-state index contributed by atoms with van der Waals surface area (Å²) >= 11 is 0. The van der Waals surface area contributed by atoms with E-state index < -0.39 is 5.97 Å². The first kappa shape index (κ1) is 13.0. The number of aromatic nitrogens is 3. The van der Waals surface area contributed by atoms with Crippen LogP contribution in [0.15, 0.2) is 0 Å². The Hall–Kier alpha value is -1.43. The van der Waals surface area contributed by atoms with E-state index in [2.05, 4.69) is 15.2 Å². The molecule has 0 spiro atoms. The molecule has 18 heavy (non-hydrogen) atoms. The molecule has 0 atom stereocenters. The van der Waals surface area contributed by atoms with Crippen molar-refractivity contribution in [3.8, 4) is 0 Å². The number of carbonyl (C=O) groups excluding carboxylic acids is 1. The third-order valence-electron chi connectivity index (χ3n) is 3.38. The monoisotopic (exact) mass is 252 g/mol. The van der Waals surface area contributed by atoms with Gasteiger partial charge in [-0.2, -0.15) is 0 Å². The molecule has 1 aromatic rings. The smallest absolute Gasteiger partial charge is 0.360 e. The number of methoxy groups -OCH3 is 1. The van der Waals surface area contributed by atoms with Crippen molar-refractivity contribution in [3.05, 3.63) is 11.4 Å². The van der Waals surface area contributed by atoms with E-state index in [0.717, 1.165) is 25.2 Å². The highest BCUT2D eigenvalue weighted by Gasteiger charge is 2.19. The van der Waals surface area contributed by atoms with Gasteiger partial charge in [-0.3, -0.25) is 0 Å². The lowest BCUT2D eigenvalue weighted by Gasteiger charge is -2.14. The second-order valence-electron chi connectivity index (χ2n) is 4.50. The Morgan fingerprint density at radius 1 is 1.33 bits per heavy atom. The van der Waals surface area contributed by atoms with Crippen molar-refractivity contribution >= 4 is 5.97 Å². The van der Waals surface area contributed by atoms with Crippen molar-refractivity contribution in [1.29, 1.82) is 0 Å². The zero-order chi connectivity index (χ0) is 13.0. The van der Waals surface area contributed by atoms with Crippen molar-refractivity contribution in [1.82, 2.24) is 19.9 Å². The van der Waals surface area contributed by atoms with Gasteiger partial charge in [0, 0.05) is 6.54 Å². The van der Waals surface area contributed by atoms with Crippen LogP contribution in [0.2, 0.25) is 0 Å². The highest BCUT2D eigenvalue weighted by Crippen LogP contribution is 2.10. The van der Waals surface area contributed by atoms with Crippen LogP contribution in [0.5, 0.6) is 0 Å². The van der Waals surface area contributed by atoms with E-state index in [9.17, 15) is 4.79 Å². The molecule has 6 heteroatoms. The summed E-state index contributed by atoms with van der Waals surface area (Å²) in [6.45, 7) is 6.08. The minimum Gasteiger partial charge on any atom is -0.464 e. The molecule has 0 N–H and O–H groups in total. The second-order valence-corrected chi connectivity index (χ2v) is 4.50. The quantitative estimate of drug-likeness (QED) is 0.723. The maximum atomic E-state index is 11.5. The molecule has 2 rings (SSSR count). The zero-order valence-corrected chi connectivity index (χ0v) is 11.1. The van der Waals surface area contributed by atoms with Gasteiger partial charge < -0.3 is 9.64 Å². The number of hydrogen-bond acceptors (Lipinski definition) is 5. The SMILES string of the molecule is CCc1c(C(=O)OC)nnn1CCN1CCCC1. The molecule has 100 valence electrons. The number of likely N-dealkylation sites (tertiary alicyclic amines) is 1. The number of rotatable bonds is 5. The van der Waals surface area contributed by atoms with Crippen molar-refractivity contribution in [2.45, 2.75) is 32.7 Å². The van der Waals surface area contributed by atoms with Crippen LogP contribution < -0.4 is 0 Å². The summed E-state index contributed by atoms with van der Waals surface area (Å²) in [6.07, 6.45) is 3.30. The minimum atomic E-state index is -0.403. The van der Waals surface area contributed by atoms with Crippen LogP contribution in [0.4, 0.5) is 0 Å². The Balaban J connectivity index is 2.03. The van der Waals surface area contributed by atoms with Crippen LogP contribution in [0.25, 0.3) is 0 Å². The van der Waals surface area contributed by atoms with Gasteiger partial charge in [-0.15, -0.1) is 5.10 Å². The lowest BCUT2D eigenvalue weighted by atomic mass is 10.2. The maximum absolute atomic E-state index is 11.5. The standard InChI is InChI=1S/C12H20N4O2/c1-3-10-11(12(17)18-2)13-14-16(10)9-8-15-6-4-5-7-15/h3-9H2,1-2H3. The lowest BCUT2D eigenvalue weighted by molar-refractivity contribution is 0.0592. The van der Waals surface area contributed by atoms with Gasteiger partial charge in [-0.05, 0) is 32.4 Å². The average Bonchev–Trinajstić information content (AvgIpc) is 3.03. The number of nitrogens with zero attached hydrogens (tertiary/aromatic N) is 4. The highest BCUT2D eigenvalue weighted by atomic mass is 16.5. The maximum Gasteiger partial charge on any atom is 0.360 e. The van der Waals surface area contributed by atoms with Crippen LogP contribution in [-0.4, -0.2) is 52.6 Å². The third-order valence-corrected chi connectivity index (χ3v) is 3.38. The van der Waals surface area contributed by atoms with E-state index in [-0.39, 0.29) is 0 Å². The van der Waals surface area contributed by atoms with Crippen molar-refractivity contribution in [2.24, 2.45) is 0 Å². The summed E-state index contributed by atoms with van der Waals surface area (Å²) < 4.78 is 6.53. The summed E-state index contributed by atoms with van der Waals surface area (Å²) in [7, 11) is 1.37. The summed E-state index contributed by atoms with van der Waals surface area (Å²) in [5.74, 6) is -0.403. The van der Waals surface area contributed by atoms with Crippen molar-refractivity contribution in [3.63, 3.8) is 0 Å². The fourth-order valence-electron chi connectivity index (χ4n) is 2.36. The molecule has 2 heterocycles. The zero-order valence-electron chi connectivity index (χ0n) is 11.1. The topological polar surface area (TPSA) is 60.2 Å². The molecule has 1 aliphatic heterocycles. The molecular formula is C12H20N4O2. The molecule has 1 saturated heterocycles. The molecule has 6 nitrogen and oxygen atoms in total. The minimum absolute atomic E-state index is 0.349. The van der Waals surface area contributed by atoms with Gasteiger partial charge in [-0.25, -0.2) is 9.48 Å². The normalized spacial score (nSPS) is 16.1. The van der Waals surface area contributed by atoms with E-state index in [1.54, 1.807) is 0 Å². The summed E-state index contributed by atoms with van der Waals surface area (Å²) in [5.41, 5.74) is 1.21. The first-order chi connectivity index (χ1) is 8.76. The molecule has 0 bridgehead atoms. The highest BCUT2D eigenvalue weighted by molar-refractivity contribution is 5.88. The van der Waals surface area contributed by atoms with Gasteiger partial charge in [0.05, 0.1) is 19.3 Å². The van der Waals surface area contributed by atoms with E-state index in [4.69, 9.17) is 4.74 Å². The van der Waals surface area contributed by atoms with Gasteiger partial charge >= 0.3 is 5.97 Å². The predicted octanol–water partition coefficient (Wildman–Crippen LogP) is 0.723. The Morgan fingerprint density at radius 2 is 2.06 bits per heavy atom. The molecule has 1 fully saturated rings. The largest absolute Gasteiger partial charge is 0.464 e. The number of hydrogen-bond donors (Lipinski definition) is 0. The van der Waals surface area contributed by atoms with Crippen LogP contribution in [-0.2, 0) is 17.7 Å². The first-order valence-corrected chi connectivity index (χ1v) is 6.49. The first-order valence-electron chi connectivity index (χ1n) is 6.49. The van der Waals surface area contributed by atoms with Crippen molar-refractivity contribution in [2.75, 3.05) is 26.7 Å². The number of ether oxygens (including phenoxy) is 1. The summed E-state index contributed by atoms with van der Waals surface area (Å²) in [6, 6.07) is 0. The molecule has 0 radical (unpaired) electrons. The summed E-state index contributed by atoms with van der Waals surface area (Å²) in [5, 5.41) is 7.98. The average molecular weight is 252 g/mol. The fourth-order valence-corrected chi connectivity index (χ4v) is 2.36. The van der Waals surface area contributed by atoms with Crippen LogP contribution in [0.3, 0.4) is 0 Å². The van der Waals surface area contributed by atoms with Gasteiger partial charge in [0.25, 0.3) is 0 Å². The Bertz CT molecular complexity index is 410. The van der Waals surface area contributed by atoms with Crippen LogP contribution in [0.1, 0.15) is 35.9 Å². The fraction of sp³-hybridized carbons (Fsp3) is 0.750. The lowest BCUT2D eigenvalue weighted by Crippen LogP contribution is -2.25. The summed E-state index contributed by atoms with van der Waals surface area (Å²) in [4.78, 5) is 13.9. The molecular weight excluding hydrogens is 232 g/mol. The molecule has 0 amide bonds. The van der Waals surface area contributed by atoms with Crippen LogP contribution in [0, 0.1) is 0 Å². The van der Waals surface area contributed by atoms with Gasteiger partial charge in [0.1, 0.15) is 0 Å². The van der Waals surface area contributed by atoms with E-state index in [1.165, 1.54) is 33.0 Å². The van der Waals surface area contributed by atoms with Crippen LogP contribution >= 0.6 is 0 Å². The predicted molar refractivity (Wildman–Crippen MR) is 66.4 cm³/mol.